The number of H-pyrrole nitrogens is 1. The third-order valence-corrected chi connectivity index (χ3v) is 3.00. The first-order valence-corrected chi connectivity index (χ1v) is 5.47. The van der Waals surface area contributed by atoms with E-state index in [9.17, 15) is 9.90 Å². The van der Waals surface area contributed by atoms with Gasteiger partial charge < -0.3 is 15.4 Å². The van der Waals surface area contributed by atoms with E-state index in [-0.39, 0.29) is 17.6 Å². The van der Waals surface area contributed by atoms with Crippen molar-refractivity contribution in [3.8, 4) is 5.88 Å². The van der Waals surface area contributed by atoms with E-state index in [0.29, 0.717) is 12.1 Å². The van der Waals surface area contributed by atoms with Crippen LogP contribution in [0.2, 0.25) is 0 Å². The molecular formula is C10H17N3O2. The first kappa shape index (κ1) is 10.3. The maximum atomic E-state index is 11.6. The minimum Gasteiger partial charge on any atom is -0.493 e. The molecule has 0 unspecified atom stereocenters. The van der Waals surface area contributed by atoms with Crippen molar-refractivity contribution in [1.82, 2.24) is 14.9 Å². The number of nitrogens with one attached hydrogen (secondary N) is 2. The van der Waals surface area contributed by atoms with Crippen LogP contribution in [-0.4, -0.2) is 27.7 Å². The van der Waals surface area contributed by atoms with Gasteiger partial charge in [0.05, 0.1) is 5.69 Å². The molecule has 1 aromatic heterocycles. The average molecular weight is 211 g/mol. The van der Waals surface area contributed by atoms with Gasteiger partial charge >= 0.3 is 5.69 Å². The first-order valence-electron chi connectivity index (χ1n) is 5.47. The Labute approximate surface area is 88.1 Å². The third kappa shape index (κ3) is 1.79. The van der Waals surface area contributed by atoms with E-state index in [1.807, 2.05) is 6.92 Å². The fourth-order valence-electron chi connectivity index (χ4n) is 2.14. The number of aromatic nitrogens is 2. The highest BCUT2D eigenvalue weighted by atomic mass is 16.3. The largest absolute Gasteiger partial charge is 0.493 e. The highest BCUT2D eigenvalue weighted by Gasteiger charge is 2.21. The van der Waals surface area contributed by atoms with Crippen molar-refractivity contribution in [2.24, 2.45) is 0 Å². The summed E-state index contributed by atoms with van der Waals surface area (Å²) in [6.07, 6.45) is 2.45. The molecule has 84 valence electrons. The van der Waals surface area contributed by atoms with Gasteiger partial charge in [0.2, 0.25) is 5.88 Å². The summed E-state index contributed by atoms with van der Waals surface area (Å²) in [5.41, 5.74) is 0.454. The maximum absolute atomic E-state index is 11.6. The summed E-state index contributed by atoms with van der Waals surface area (Å²) in [7, 11) is 0. The summed E-state index contributed by atoms with van der Waals surface area (Å²) in [5, 5.41) is 13.1. The standard InChI is InChI=1S/C10H17N3O2/c1-2-8-9(14)13(10(15)12-8)7-3-5-11-6-4-7/h7,11,14H,2-6H2,1H3,(H,12,15). The lowest BCUT2D eigenvalue weighted by molar-refractivity contribution is 0.316. The van der Waals surface area contributed by atoms with Gasteiger partial charge in [-0.2, -0.15) is 0 Å². The van der Waals surface area contributed by atoms with E-state index in [2.05, 4.69) is 10.3 Å². The number of aromatic hydroxyl groups is 1. The number of rotatable bonds is 2. The summed E-state index contributed by atoms with van der Waals surface area (Å²) < 4.78 is 1.50. The molecule has 0 saturated carbocycles. The molecule has 0 bridgehead atoms. The highest BCUT2D eigenvalue weighted by Crippen LogP contribution is 2.24. The van der Waals surface area contributed by atoms with Crippen LogP contribution in [0.25, 0.3) is 0 Å². The zero-order valence-electron chi connectivity index (χ0n) is 8.92. The van der Waals surface area contributed by atoms with Crippen LogP contribution >= 0.6 is 0 Å². The topological polar surface area (TPSA) is 70.0 Å². The lowest BCUT2D eigenvalue weighted by Crippen LogP contribution is -2.33. The zero-order valence-corrected chi connectivity index (χ0v) is 8.92. The molecule has 1 fully saturated rings. The van der Waals surface area contributed by atoms with Crippen LogP contribution in [0.5, 0.6) is 5.88 Å². The fourth-order valence-corrected chi connectivity index (χ4v) is 2.14. The van der Waals surface area contributed by atoms with Gasteiger partial charge in [0.15, 0.2) is 0 Å². The van der Waals surface area contributed by atoms with Crippen molar-refractivity contribution in [3.05, 3.63) is 16.2 Å². The molecule has 0 aromatic carbocycles. The minimum atomic E-state index is -0.184. The van der Waals surface area contributed by atoms with Gasteiger partial charge in [0.1, 0.15) is 0 Å². The van der Waals surface area contributed by atoms with Crippen LogP contribution in [-0.2, 0) is 6.42 Å². The molecule has 0 atom stereocenters. The van der Waals surface area contributed by atoms with E-state index >= 15 is 0 Å². The molecule has 1 saturated heterocycles. The number of imidazole rings is 1. The van der Waals surface area contributed by atoms with Crippen molar-refractivity contribution >= 4 is 0 Å². The minimum absolute atomic E-state index is 0.120. The molecule has 1 aliphatic heterocycles. The monoisotopic (exact) mass is 211 g/mol. The van der Waals surface area contributed by atoms with Crippen LogP contribution in [0, 0.1) is 0 Å². The molecule has 3 N–H and O–H groups in total. The summed E-state index contributed by atoms with van der Waals surface area (Å²) >= 11 is 0. The van der Waals surface area contributed by atoms with E-state index in [1.54, 1.807) is 0 Å². The molecule has 1 aromatic rings. The van der Waals surface area contributed by atoms with Gasteiger partial charge in [-0.15, -0.1) is 0 Å². The van der Waals surface area contributed by atoms with Crippen LogP contribution in [0.3, 0.4) is 0 Å². The summed E-state index contributed by atoms with van der Waals surface area (Å²) in [5.74, 6) is 0.120. The predicted octanol–water partition coefficient (Wildman–Crippen LogP) is 0.369. The Morgan fingerprint density at radius 3 is 2.67 bits per heavy atom. The van der Waals surface area contributed by atoms with Crippen LogP contribution < -0.4 is 11.0 Å². The lowest BCUT2D eigenvalue weighted by Gasteiger charge is -2.23. The number of nitrogens with zero attached hydrogens (tertiary/aromatic N) is 1. The molecule has 15 heavy (non-hydrogen) atoms. The first-order chi connectivity index (χ1) is 7.24. The van der Waals surface area contributed by atoms with Gasteiger partial charge in [0.25, 0.3) is 0 Å². The molecule has 2 heterocycles. The van der Waals surface area contributed by atoms with Crippen LogP contribution in [0.1, 0.15) is 31.5 Å². The number of hydrogen-bond acceptors (Lipinski definition) is 3. The molecule has 5 nitrogen and oxygen atoms in total. The van der Waals surface area contributed by atoms with Gasteiger partial charge in [-0.25, -0.2) is 4.79 Å². The Morgan fingerprint density at radius 1 is 1.47 bits per heavy atom. The second-order valence-electron chi connectivity index (χ2n) is 3.94. The van der Waals surface area contributed by atoms with Crippen molar-refractivity contribution in [2.45, 2.75) is 32.2 Å². The summed E-state index contributed by atoms with van der Waals surface area (Å²) in [6, 6.07) is 0.135. The van der Waals surface area contributed by atoms with E-state index in [0.717, 1.165) is 25.9 Å². The second-order valence-corrected chi connectivity index (χ2v) is 3.94. The number of aryl methyl sites for hydroxylation is 1. The number of hydrogen-bond donors (Lipinski definition) is 3. The molecule has 1 aliphatic rings. The summed E-state index contributed by atoms with van der Waals surface area (Å²) in [4.78, 5) is 14.3. The van der Waals surface area contributed by atoms with Crippen molar-refractivity contribution in [2.75, 3.05) is 13.1 Å². The highest BCUT2D eigenvalue weighted by molar-refractivity contribution is 5.19. The smallest absolute Gasteiger partial charge is 0.328 e. The molecule has 2 rings (SSSR count). The molecule has 0 spiro atoms. The van der Waals surface area contributed by atoms with Crippen molar-refractivity contribution in [3.63, 3.8) is 0 Å². The van der Waals surface area contributed by atoms with E-state index in [4.69, 9.17) is 0 Å². The Bertz CT molecular complexity index is 388. The van der Waals surface area contributed by atoms with Gasteiger partial charge in [-0.3, -0.25) is 4.57 Å². The molecule has 0 radical (unpaired) electrons. The van der Waals surface area contributed by atoms with E-state index in [1.165, 1.54) is 4.57 Å². The Balaban J connectivity index is 2.33. The Hall–Kier alpha value is -1.23. The Morgan fingerprint density at radius 2 is 2.13 bits per heavy atom. The molecule has 0 amide bonds. The predicted molar refractivity (Wildman–Crippen MR) is 57.2 cm³/mol. The third-order valence-electron chi connectivity index (χ3n) is 3.00. The number of piperidine rings is 1. The Kier molecular flexibility index (Phi) is 2.81. The van der Waals surface area contributed by atoms with Gasteiger partial charge in [0, 0.05) is 6.04 Å². The molecular weight excluding hydrogens is 194 g/mol. The van der Waals surface area contributed by atoms with E-state index < -0.39 is 0 Å². The SMILES string of the molecule is CCc1[nH]c(=O)n(C2CCNCC2)c1O. The fraction of sp³-hybridized carbons (Fsp3) is 0.700. The summed E-state index contributed by atoms with van der Waals surface area (Å²) in [6.45, 7) is 3.73. The lowest BCUT2D eigenvalue weighted by atomic mass is 10.1. The van der Waals surface area contributed by atoms with Crippen molar-refractivity contribution in [1.29, 1.82) is 0 Å². The molecule has 0 aliphatic carbocycles. The van der Waals surface area contributed by atoms with Gasteiger partial charge in [-0.05, 0) is 32.4 Å². The molecule has 5 heteroatoms. The van der Waals surface area contributed by atoms with Crippen LogP contribution in [0.4, 0.5) is 0 Å². The average Bonchev–Trinajstić information content (AvgIpc) is 2.55. The maximum Gasteiger partial charge on any atom is 0.328 e. The zero-order chi connectivity index (χ0) is 10.8. The van der Waals surface area contributed by atoms with Crippen molar-refractivity contribution < 1.29 is 5.11 Å². The van der Waals surface area contributed by atoms with Crippen LogP contribution in [0.15, 0.2) is 4.79 Å². The quantitative estimate of drug-likeness (QED) is 0.662. The van der Waals surface area contributed by atoms with Gasteiger partial charge in [-0.1, -0.05) is 6.92 Å². The number of aromatic amines is 1. The second kappa shape index (κ2) is 4.10. The normalized spacial score (nSPS) is 18.2.